The zero-order chi connectivity index (χ0) is 15.4. The van der Waals surface area contributed by atoms with E-state index in [1.54, 1.807) is 6.07 Å². The van der Waals surface area contributed by atoms with Gasteiger partial charge in [0.15, 0.2) is 11.5 Å². The lowest BCUT2D eigenvalue weighted by atomic mass is 10.1. The SMILES string of the molecule is COc1ccc(F)c(NCc2cc(Cl)cc(OC)c2O)c1. The van der Waals surface area contributed by atoms with Crippen molar-refractivity contribution in [2.24, 2.45) is 0 Å². The van der Waals surface area contributed by atoms with Crippen molar-refractivity contribution in [3.05, 3.63) is 46.7 Å². The molecule has 2 N–H and O–H groups in total. The van der Waals surface area contributed by atoms with E-state index in [1.807, 2.05) is 0 Å². The van der Waals surface area contributed by atoms with E-state index in [0.29, 0.717) is 16.3 Å². The van der Waals surface area contributed by atoms with Gasteiger partial charge in [-0.05, 0) is 18.2 Å². The second kappa shape index (κ2) is 6.54. The average Bonchev–Trinajstić information content (AvgIpc) is 2.49. The van der Waals surface area contributed by atoms with Gasteiger partial charge in [-0.15, -0.1) is 0 Å². The minimum atomic E-state index is -0.413. The second-order valence-electron chi connectivity index (χ2n) is 4.32. The Hall–Kier alpha value is -2.14. The molecule has 112 valence electrons. The van der Waals surface area contributed by atoms with Crippen molar-refractivity contribution < 1.29 is 19.0 Å². The molecule has 4 nitrogen and oxygen atoms in total. The normalized spacial score (nSPS) is 10.3. The summed E-state index contributed by atoms with van der Waals surface area (Å²) in [6.07, 6.45) is 0. The maximum atomic E-state index is 13.7. The molecule has 2 aromatic rings. The summed E-state index contributed by atoms with van der Waals surface area (Å²) in [5.74, 6) is 0.360. The van der Waals surface area contributed by atoms with E-state index in [0.717, 1.165) is 0 Å². The first-order chi connectivity index (χ1) is 10.0. The molecule has 0 aliphatic carbocycles. The Morgan fingerprint density at radius 3 is 2.62 bits per heavy atom. The number of phenols is 1. The summed E-state index contributed by atoms with van der Waals surface area (Å²) in [4.78, 5) is 0. The van der Waals surface area contributed by atoms with E-state index in [-0.39, 0.29) is 23.7 Å². The van der Waals surface area contributed by atoms with Crippen molar-refractivity contribution in [3.8, 4) is 17.2 Å². The van der Waals surface area contributed by atoms with Crippen molar-refractivity contribution in [2.75, 3.05) is 19.5 Å². The number of nitrogens with one attached hydrogen (secondary N) is 1. The van der Waals surface area contributed by atoms with Gasteiger partial charge in [0.25, 0.3) is 0 Å². The number of anilines is 1. The lowest BCUT2D eigenvalue weighted by Crippen LogP contribution is -2.03. The Kier molecular flexibility index (Phi) is 4.75. The van der Waals surface area contributed by atoms with Crippen LogP contribution in [0.25, 0.3) is 0 Å². The van der Waals surface area contributed by atoms with Crippen LogP contribution in [0.15, 0.2) is 30.3 Å². The number of ether oxygens (including phenoxy) is 2. The summed E-state index contributed by atoms with van der Waals surface area (Å²) < 4.78 is 23.8. The number of halogens is 2. The van der Waals surface area contributed by atoms with E-state index in [2.05, 4.69) is 5.32 Å². The Bertz CT molecular complexity index is 649. The molecule has 0 saturated carbocycles. The zero-order valence-corrected chi connectivity index (χ0v) is 12.4. The Morgan fingerprint density at radius 2 is 1.95 bits per heavy atom. The molecule has 0 radical (unpaired) electrons. The summed E-state index contributed by atoms with van der Waals surface area (Å²) in [6, 6.07) is 7.46. The predicted molar refractivity (Wildman–Crippen MR) is 79.9 cm³/mol. The Labute approximate surface area is 127 Å². The van der Waals surface area contributed by atoms with Gasteiger partial charge in [0.1, 0.15) is 11.6 Å². The van der Waals surface area contributed by atoms with E-state index >= 15 is 0 Å². The quantitative estimate of drug-likeness (QED) is 0.881. The molecule has 0 atom stereocenters. The van der Waals surface area contributed by atoms with Crippen LogP contribution in [0, 0.1) is 5.82 Å². The predicted octanol–water partition coefficient (Wildman–Crippen LogP) is 3.81. The molecule has 0 bridgehead atoms. The van der Waals surface area contributed by atoms with Crippen LogP contribution in [-0.2, 0) is 6.54 Å². The number of hydrogen-bond acceptors (Lipinski definition) is 4. The first kappa shape index (κ1) is 15.3. The number of benzene rings is 2. The fraction of sp³-hybridized carbons (Fsp3) is 0.200. The van der Waals surface area contributed by atoms with Gasteiger partial charge in [-0.1, -0.05) is 11.6 Å². The van der Waals surface area contributed by atoms with E-state index < -0.39 is 5.82 Å². The van der Waals surface area contributed by atoms with Gasteiger partial charge in [-0.3, -0.25) is 0 Å². The number of hydrogen-bond donors (Lipinski definition) is 2. The third-order valence-corrected chi connectivity index (χ3v) is 3.20. The highest BCUT2D eigenvalue weighted by atomic mass is 35.5. The molecule has 0 saturated heterocycles. The Morgan fingerprint density at radius 1 is 1.19 bits per heavy atom. The molecule has 0 unspecified atom stereocenters. The van der Waals surface area contributed by atoms with Crippen molar-refractivity contribution in [3.63, 3.8) is 0 Å². The van der Waals surface area contributed by atoms with Crippen LogP contribution < -0.4 is 14.8 Å². The molecule has 0 amide bonds. The lowest BCUT2D eigenvalue weighted by Gasteiger charge is -2.12. The average molecular weight is 312 g/mol. The summed E-state index contributed by atoms with van der Waals surface area (Å²) in [7, 11) is 2.94. The van der Waals surface area contributed by atoms with Gasteiger partial charge in [0, 0.05) is 29.3 Å². The molecular weight excluding hydrogens is 297 g/mol. The van der Waals surface area contributed by atoms with Crippen LogP contribution in [0.1, 0.15) is 5.56 Å². The minimum Gasteiger partial charge on any atom is -0.504 e. The molecule has 6 heteroatoms. The lowest BCUT2D eigenvalue weighted by molar-refractivity contribution is 0.371. The minimum absolute atomic E-state index is 0.0299. The molecule has 0 aliphatic rings. The van der Waals surface area contributed by atoms with Gasteiger partial charge in [0.2, 0.25) is 0 Å². The van der Waals surface area contributed by atoms with Gasteiger partial charge in [-0.25, -0.2) is 4.39 Å². The molecule has 0 spiro atoms. The summed E-state index contributed by atoms with van der Waals surface area (Å²) in [6.45, 7) is 0.187. The van der Waals surface area contributed by atoms with Crippen LogP contribution in [0.5, 0.6) is 17.2 Å². The molecule has 21 heavy (non-hydrogen) atoms. The van der Waals surface area contributed by atoms with E-state index in [4.69, 9.17) is 21.1 Å². The summed E-state index contributed by atoms with van der Waals surface area (Å²) in [5.41, 5.74) is 0.772. The van der Waals surface area contributed by atoms with Crippen LogP contribution in [0.4, 0.5) is 10.1 Å². The Balaban J connectivity index is 2.22. The van der Waals surface area contributed by atoms with Crippen LogP contribution in [0.3, 0.4) is 0 Å². The van der Waals surface area contributed by atoms with Crippen molar-refractivity contribution >= 4 is 17.3 Å². The first-order valence-electron chi connectivity index (χ1n) is 6.18. The highest BCUT2D eigenvalue weighted by Gasteiger charge is 2.11. The fourth-order valence-corrected chi connectivity index (χ4v) is 2.11. The summed E-state index contributed by atoms with van der Waals surface area (Å²) >= 11 is 5.95. The van der Waals surface area contributed by atoms with Gasteiger partial charge < -0.3 is 19.9 Å². The fourth-order valence-electron chi connectivity index (χ4n) is 1.88. The van der Waals surface area contributed by atoms with Crippen LogP contribution in [-0.4, -0.2) is 19.3 Å². The largest absolute Gasteiger partial charge is 0.504 e. The number of rotatable bonds is 5. The highest BCUT2D eigenvalue weighted by molar-refractivity contribution is 6.30. The van der Waals surface area contributed by atoms with Gasteiger partial charge in [0.05, 0.1) is 19.9 Å². The number of methoxy groups -OCH3 is 2. The standard InChI is InChI=1S/C15H15ClFNO3/c1-20-11-3-4-12(17)13(7-11)18-8-9-5-10(16)6-14(21-2)15(9)19/h3-7,18-19H,8H2,1-2H3. The third kappa shape index (κ3) is 3.49. The monoisotopic (exact) mass is 311 g/mol. The zero-order valence-electron chi connectivity index (χ0n) is 11.6. The third-order valence-electron chi connectivity index (χ3n) is 2.98. The first-order valence-corrected chi connectivity index (χ1v) is 6.55. The van der Waals surface area contributed by atoms with Crippen LogP contribution in [0.2, 0.25) is 5.02 Å². The summed E-state index contributed by atoms with van der Waals surface area (Å²) in [5, 5.41) is 13.3. The van der Waals surface area contributed by atoms with Gasteiger partial charge in [-0.2, -0.15) is 0 Å². The molecular formula is C15H15ClFNO3. The highest BCUT2D eigenvalue weighted by Crippen LogP contribution is 2.34. The maximum absolute atomic E-state index is 13.7. The smallest absolute Gasteiger partial charge is 0.162 e. The molecule has 0 aromatic heterocycles. The number of aromatic hydroxyl groups is 1. The topological polar surface area (TPSA) is 50.7 Å². The van der Waals surface area contributed by atoms with E-state index in [1.165, 1.54) is 38.5 Å². The van der Waals surface area contributed by atoms with Crippen molar-refractivity contribution in [1.29, 1.82) is 0 Å². The molecule has 2 rings (SSSR count). The van der Waals surface area contributed by atoms with Crippen LogP contribution >= 0.6 is 11.6 Å². The van der Waals surface area contributed by atoms with E-state index in [9.17, 15) is 9.50 Å². The second-order valence-corrected chi connectivity index (χ2v) is 4.75. The van der Waals surface area contributed by atoms with Crippen molar-refractivity contribution in [1.82, 2.24) is 0 Å². The molecule has 0 aliphatic heterocycles. The van der Waals surface area contributed by atoms with Gasteiger partial charge >= 0.3 is 0 Å². The van der Waals surface area contributed by atoms with Crippen molar-refractivity contribution in [2.45, 2.75) is 6.54 Å². The maximum Gasteiger partial charge on any atom is 0.162 e. The number of phenolic OH excluding ortho intramolecular Hbond substituents is 1. The molecule has 0 heterocycles. The molecule has 2 aromatic carbocycles. The molecule has 0 fully saturated rings.